The van der Waals surface area contributed by atoms with Crippen LogP contribution in [-0.2, 0) is 21.4 Å². The third-order valence-corrected chi connectivity index (χ3v) is 9.30. The second-order valence-electron chi connectivity index (χ2n) is 11.3. The highest BCUT2D eigenvalue weighted by Crippen LogP contribution is 2.44. The fourth-order valence-corrected chi connectivity index (χ4v) is 7.24. The number of halogens is 1. The molecule has 5 nitrogen and oxygen atoms in total. The molecular weight excluding hydrogens is 458 g/mol. The molecule has 1 aromatic carbocycles. The summed E-state index contributed by atoms with van der Waals surface area (Å²) in [6.07, 6.45) is 7.79. The van der Waals surface area contributed by atoms with Gasteiger partial charge in [0.2, 0.25) is 5.91 Å². The van der Waals surface area contributed by atoms with Crippen LogP contribution in [0.25, 0.3) is 0 Å². The minimum absolute atomic E-state index is 0.00957. The molecule has 0 radical (unpaired) electrons. The Kier molecular flexibility index (Phi) is 6.59. The molecule has 1 amide bonds. The van der Waals surface area contributed by atoms with E-state index in [1.165, 1.54) is 29.7 Å². The van der Waals surface area contributed by atoms with Gasteiger partial charge < -0.3 is 15.0 Å². The maximum absolute atomic E-state index is 14.3. The third kappa shape index (κ3) is 4.63. The minimum atomic E-state index is -0.0958. The Balaban J connectivity index is 1.25. The first-order chi connectivity index (χ1) is 17.1. The standard InChI is InChI=1S/C29H36ClN3O2/c30-27-11-10-24-26(32-27)7-4-13-29(24)19-31-16-25(29)28(34)33-14-12-22(21-5-2-1-3-6-21)15-23(33)18-35-17-20-8-9-20/h1-3,5-6,10-11,20,22-23,25,31H,4,7-9,12-19H2/p+2/t22?,23?,25-,29-/m0/s1. The predicted molar refractivity (Wildman–Crippen MR) is 135 cm³/mol. The zero-order valence-electron chi connectivity index (χ0n) is 20.6. The average Bonchev–Trinajstić information content (AvgIpc) is 3.62. The number of fused-ring (bicyclic) bond motifs is 2. The van der Waals surface area contributed by atoms with Crippen molar-refractivity contribution < 1.29 is 19.8 Å². The van der Waals surface area contributed by atoms with Gasteiger partial charge in [0, 0.05) is 31.2 Å². The number of likely N-dealkylation sites (tertiary alicyclic amines) is 1. The summed E-state index contributed by atoms with van der Waals surface area (Å²) in [7, 11) is 0. The number of hydrogen-bond donors (Lipinski definition) is 1. The number of nitrogens with one attached hydrogen (secondary N) is 1. The van der Waals surface area contributed by atoms with Crippen molar-refractivity contribution >= 4 is 17.5 Å². The van der Waals surface area contributed by atoms with E-state index in [4.69, 9.17) is 16.3 Å². The number of ether oxygens (including phenoxy) is 1. The van der Waals surface area contributed by atoms with Crippen molar-refractivity contribution in [2.75, 3.05) is 32.8 Å². The Morgan fingerprint density at radius 2 is 2.00 bits per heavy atom. The first-order valence-corrected chi connectivity index (χ1v) is 14.0. The SMILES string of the molecule is O=C([C@@H]1C[NH2+]C[C@]12CCCc1[nH+]c(Cl)ccc12)N1CCC(c2ccccc2)CC1COCC1CC1. The molecule has 2 aliphatic carbocycles. The van der Waals surface area contributed by atoms with Crippen LogP contribution in [0, 0.1) is 11.8 Å². The molecule has 6 rings (SSSR count). The van der Waals surface area contributed by atoms with Gasteiger partial charge in [0.15, 0.2) is 5.69 Å². The molecule has 3 fully saturated rings. The highest BCUT2D eigenvalue weighted by molar-refractivity contribution is 6.28. The van der Waals surface area contributed by atoms with Gasteiger partial charge >= 0.3 is 0 Å². The normalized spacial score (nSPS) is 30.4. The van der Waals surface area contributed by atoms with Crippen LogP contribution >= 0.6 is 11.6 Å². The van der Waals surface area contributed by atoms with Crippen molar-refractivity contribution in [1.82, 2.24) is 4.90 Å². The molecule has 1 saturated carbocycles. The van der Waals surface area contributed by atoms with Crippen LogP contribution in [0.15, 0.2) is 42.5 Å². The zero-order valence-corrected chi connectivity index (χ0v) is 21.3. The van der Waals surface area contributed by atoms with Crippen molar-refractivity contribution in [3.05, 3.63) is 64.4 Å². The van der Waals surface area contributed by atoms with Gasteiger partial charge in [-0.15, -0.1) is 0 Å². The molecule has 2 saturated heterocycles. The number of carbonyl (C=O) groups excluding carboxylic acids is 1. The largest absolute Gasteiger partial charge is 0.379 e. The van der Waals surface area contributed by atoms with Crippen molar-refractivity contribution in [2.45, 2.75) is 62.3 Å². The summed E-state index contributed by atoms with van der Waals surface area (Å²) in [6, 6.07) is 15.1. The summed E-state index contributed by atoms with van der Waals surface area (Å²) in [5.41, 5.74) is 3.84. The number of quaternary nitrogens is 1. The predicted octanol–water partition coefficient (Wildman–Crippen LogP) is 3.12. The molecule has 2 unspecified atom stereocenters. The van der Waals surface area contributed by atoms with E-state index in [2.05, 4.69) is 51.6 Å². The molecule has 6 heteroatoms. The molecule has 3 N–H and O–H groups in total. The van der Waals surface area contributed by atoms with E-state index >= 15 is 0 Å². The fraction of sp³-hybridized carbons (Fsp3) is 0.586. The van der Waals surface area contributed by atoms with Gasteiger partial charge in [-0.3, -0.25) is 4.79 Å². The molecule has 2 aromatic rings. The lowest BCUT2D eigenvalue weighted by Crippen LogP contribution is -2.82. The van der Waals surface area contributed by atoms with E-state index in [0.29, 0.717) is 23.6 Å². The summed E-state index contributed by atoms with van der Waals surface area (Å²) < 4.78 is 6.21. The van der Waals surface area contributed by atoms with E-state index in [1.54, 1.807) is 0 Å². The van der Waals surface area contributed by atoms with E-state index < -0.39 is 0 Å². The number of carbonyl (C=O) groups is 1. The Hall–Kier alpha value is -1.95. The molecule has 186 valence electrons. The Morgan fingerprint density at radius 1 is 1.14 bits per heavy atom. The smallest absolute Gasteiger partial charge is 0.273 e. The number of H-pyrrole nitrogens is 1. The average molecular weight is 496 g/mol. The van der Waals surface area contributed by atoms with Crippen LogP contribution in [-0.4, -0.2) is 49.7 Å². The lowest BCUT2D eigenvalue weighted by molar-refractivity contribution is -0.640. The summed E-state index contributed by atoms with van der Waals surface area (Å²) in [4.78, 5) is 19.9. The van der Waals surface area contributed by atoms with Crippen molar-refractivity contribution in [2.24, 2.45) is 11.8 Å². The van der Waals surface area contributed by atoms with Crippen molar-refractivity contribution in [3.63, 3.8) is 0 Å². The molecule has 4 atom stereocenters. The quantitative estimate of drug-likeness (QED) is 0.626. The number of benzene rings is 1. The molecular formula is C29H38ClN3O2+2. The highest BCUT2D eigenvalue weighted by atomic mass is 35.5. The second-order valence-corrected chi connectivity index (χ2v) is 11.7. The number of pyridine rings is 1. The lowest BCUT2D eigenvalue weighted by atomic mass is 9.65. The summed E-state index contributed by atoms with van der Waals surface area (Å²) >= 11 is 6.30. The fourth-order valence-electron chi connectivity index (χ4n) is 7.06. The van der Waals surface area contributed by atoms with Gasteiger partial charge in [0.25, 0.3) is 5.15 Å². The van der Waals surface area contributed by atoms with Crippen molar-refractivity contribution in [1.29, 1.82) is 0 Å². The summed E-state index contributed by atoms with van der Waals surface area (Å²) in [5.74, 6) is 1.58. The number of aryl methyl sites for hydroxylation is 1. The van der Waals surface area contributed by atoms with E-state index in [0.717, 1.165) is 64.3 Å². The minimum Gasteiger partial charge on any atom is -0.379 e. The monoisotopic (exact) mass is 495 g/mol. The Labute approximate surface area is 213 Å². The van der Waals surface area contributed by atoms with Gasteiger partial charge in [0.1, 0.15) is 5.92 Å². The summed E-state index contributed by atoms with van der Waals surface area (Å²) in [5, 5.41) is 3.04. The molecule has 1 aromatic heterocycles. The number of amides is 1. The molecule has 35 heavy (non-hydrogen) atoms. The van der Waals surface area contributed by atoms with Crippen LogP contribution < -0.4 is 10.3 Å². The van der Waals surface area contributed by atoms with Crippen molar-refractivity contribution in [3.8, 4) is 0 Å². The molecule has 3 heterocycles. The van der Waals surface area contributed by atoms with Gasteiger partial charge in [-0.25, -0.2) is 0 Å². The Bertz CT molecular complexity index is 1060. The summed E-state index contributed by atoms with van der Waals surface area (Å²) in [6.45, 7) is 4.18. The molecule has 0 bridgehead atoms. The molecule has 4 aliphatic rings. The van der Waals surface area contributed by atoms with E-state index in [9.17, 15) is 4.79 Å². The maximum Gasteiger partial charge on any atom is 0.273 e. The molecule has 1 spiro atoms. The molecule has 2 aliphatic heterocycles. The second kappa shape index (κ2) is 9.84. The van der Waals surface area contributed by atoms with Gasteiger partial charge in [-0.05, 0) is 73.6 Å². The number of piperidine rings is 1. The number of rotatable bonds is 6. The van der Waals surface area contributed by atoms with E-state index in [-0.39, 0.29) is 17.4 Å². The van der Waals surface area contributed by atoms with Gasteiger partial charge in [0.05, 0.1) is 31.2 Å². The Morgan fingerprint density at radius 3 is 2.83 bits per heavy atom. The van der Waals surface area contributed by atoms with Crippen LogP contribution in [0.3, 0.4) is 0 Å². The number of aromatic nitrogens is 1. The number of nitrogens with two attached hydrogens (primary N) is 1. The maximum atomic E-state index is 14.3. The highest BCUT2D eigenvalue weighted by Gasteiger charge is 2.56. The number of aromatic amines is 1. The third-order valence-electron chi connectivity index (χ3n) is 9.08. The first kappa shape index (κ1) is 23.4. The lowest BCUT2D eigenvalue weighted by Gasteiger charge is -2.43. The first-order valence-electron chi connectivity index (χ1n) is 13.6. The van der Waals surface area contributed by atoms with Gasteiger partial charge in [-0.1, -0.05) is 30.3 Å². The topological polar surface area (TPSA) is 60.3 Å². The van der Waals surface area contributed by atoms with Crippen LogP contribution in [0.2, 0.25) is 5.15 Å². The number of hydrogen-bond acceptors (Lipinski definition) is 2. The zero-order chi connectivity index (χ0) is 23.8. The van der Waals surface area contributed by atoms with Crippen LogP contribution in [0.4, 0.5) is 0 Å². The number of nitrogens with zero attached hydrogens (tertiary/aromatic N) is 1. The van der Waals surface area contributed by atoms with Gasteiger partial charge in [-0.2, -0.15) is 4.98 Å². The van der Waals surface area contributed by atoms with Crippen LogP contribution in [0.1, 0.15) is 61.3 Å². The van der Waals surface area contributed by atoms with Crippen LogP contribution in [0.5, 0.6) is 0 Å². The van der Waals surface area contributed by atoms with E-state index in [1.807, 2.05) is 6.07 Å².